The normalized spacial score (nSPS) is 19.6. The van der Waals surface area contributed by atoms with Crippen molar-refractivity contribution in [2.75, 3.05) is 19.7 Å². The van der Waals surface area contributed by atoms with Gasteiger partial charge in [0.1, 0.15) is 0 Å². The molecule has 1 saturated heterocycles. The Morgan fingerprint density at radius 1 is 1.08 bits per heavy atom. The molecule has 1 aromatic rings. The van der Waals surface area contributed by atoms with Crippen LogP contribution in [-0.4, -0.2) is 30.5 Å². The maximum atomic E-state index is 13.5. The van der Waals surface area contributed by atoms with Gasteiger partial charge in [0.15, 0.2) is 11.6 Å². The summed E-state index contributed by atoms with van der Waals surface area (Å²) in [6.07, 6.45) is 8.81. The van der Waals surface area contributed by atoms with E-state index < -0.39 is 0 Å². The minimum atomic E-state index is -0.301. The van der Waals surface area contributed by atoms with Crippen molar-refractivity contribution in [3.8, 4) is 5.75 Å². The third-order valence-electron chi connectivity index (χ3n) is 5.53. The van der Waals surface area contributed by atoms with Crippen LogP contribution in [0.2, 0.25) is 0 Å². The van der Waals surface area contributed by atoms with Crippen molar-refractivity contribution in [2.24, 2.45) is 11.8 Å². The Labute approximate surface area is 144 Å². The predicted octanol–water partition coefficient (Wildman–Crippen LogP) is 4.41. The topological polar surface area (TPSA) is 29.5 Å². The molecule has 0 unspecified atom stereocenters. The smallest absolute Gasteiger partial charge is 0.222 e. The third kappa shape index (κ3) is 4.71. The van der Waals surface area contributed by atoms with Crippen LogP contribution in [0.4, 0.5) is 4.39 Å². The second-order valence-electron chi connectivity index (χ2n) is 7.25. The van der Waals surface area contributed by atoms with E-state index in [0.717, 1.165) is 38.8 Å². The number of amides is 1. The minimum absolute atomic E-state index is 0.301. The van der Waals surface area contributed by atoms with Crippen molar-refractivity contribution in [3.63, 3.8) is 0 Å². The Morgan fingerprint density at radius 2 is 1.79 bits per heavy atom. The van der Waals surface area contributed by atoms with Gasteiger partial charge in [-0.15, -0.1) is 0 Å². The molecule has 24 heavy (non-hydrogen) atoms. The number of carbonyl (C=O) groups is 1. The molecule has 0 atom stereocenters. The lowest BCUT2D eigenvalue weighted by Gasteiger charge is -2.32. The fourth-order valence-corrected chi connectivity index (χ4v) is 3.96. The number of halogens is 1. The summed E-state index contributed by atoms with van der Waals surface area (Å²) >= 11 is 0. The number of ether oxygens (including phenoxy) is 1. The Morgan fingerprint density at radius 3 is 2.50 bits per heavy atom. The van der Waals surface area contributed by atoms with E-state index in [-0.39, 0.29) is 5.82 Å². The molecule has 3 rings (SSSR count). The molecular formula is C20H28FNO2. The molecule has 132 valence electrons. The van der Waals surface area contributed by atoms with Crippen LogP contribution in [-0.2, 0) is 4.79 Å². The Bertz CT molecular complexity index is 534. The van der Waals surface area contributed by atoms with E-state index in [2.05, 4.69) is 0 Å². The first-order valence-electron chi connectivity index (χ1n) is 9.37. The maximum Gasteiger partial charge on any atom is 0.222 e. The number of rotatable bonds is 6. The Balaban J connectivity index is 1.34. The molecule has 0 radical (unpaired) electrons. The van der Waals surface area contributed by atoms with Crippen molar-refractivity contribution in [3.05, 3.63) is 30.1 Å². The molecule has 0 spiro atoms. The van der Waals surface area contributed by atoms with Crippen molar-refractivity contribution in [1.29, 1.82) is 0 Å². The maximum absolute atomic E-state index is 13.5. The van der Waals surface area contributed by atoms with E-state index in [1.807, 2.05) is 4.90 Å². The molecule has 1 saturated carbocycles. The quantitative estimate of drug-likeness (QED) is 0.771. The van der Waals surface area contributed by atoms with Gasteiger partial charge in [-0.05, 0) is 56.1 Å². The fraction of sp³-hybridized carbons (Fsp3) is 0.650. The molecule has 0 aromatic heterocycles. The van der Waals surface area contributed by atoms with E-state index in [9.17, 15) is 9.18 Å². The van der Waals surface area contributed by atoms with Crippen LogP contribution in [0.15, 0.2) is 24.3 Å². The molecule has 1 amide bonds. The number of nitrogens with zero attached hydrogens (tertiary/aromatic N) is 1. The van der Waals surface area contributed by atoms with Crippen LogP contribution in [0.1, 0.15) is 51.4 Å². The van der Waals surface area contributed by atoms with Gasteiger partial charge in [0, 0.05) is 19.5 Å². The average Bonchev–Trinajstić information content (AvgIpc) is 3.10. The number of piperidine rings is 1. The van der Waals surface area contributed by atoms with Crippen LogP contribution in [0.3, 0.4) is 0 Å². The number of benzene rings is 1. The molecule has 1 aliphatic carbocycles. The van der Waals surface area contributed by atoms with Gasteiger partial charge in [-0.25, -0.2) is 4.39 Å². The predicted molar refractivity (Wildman–Crippen MR) is 92.4 cm³/mol. The summed E-state index contributed by atoms with van der Waals surface area (Å²) in [7, 11) is 0. The number of hydrogen-bond donors (Lipinski definition) is 0. The van der Waals surface area contributed by atoms with Crippen molar-refractivity contribution >= 4 is 5.91 Å². The first kappa shape index (κ1) is 17.2. The molecule has 1 heterocycles. The molecular weight excluding hydrogens is 305 g/mol. The Kier molecular flexibility index (Phi) is 6.11. The second kappa shape index (κ2) is 8.50. The summed E-state index contributed by atoms with van der Waals surface area (Å²) in [5, 5.41) is 0. The van der Waals surface area contributed by atoms with Crippen molar-refractivity contribution < 1.29 is 13.9 Å². The molecule has 2 aliphatic rings. The van der Waals surface area contributed by atoms with Crippen LogP contribution < -0.4 is 4.74 Å². The first-order chi connectivity index (χ1) is 11.7. The molecule has 0 bridgehead atoms. The third-order valence-corrected chi connectivity index (χ3v) is 5.53. The standard InChI is InChI=1S/C20H28FNO2/c21-18-7-3-4-8-19(18)24-14-11-16-9-12-22(13-10-16)20(23)15-17-5-1-2-6-17/h3-4,7-8,16-17H,1-2,5-6,9-15H2. The van der Waals surface area contributed by atoms with E-state index in [0.29, 0.717) is 30.1 Å². The summed E-state index contributed by atoms with van der Waals surface area (Å²) < 4.78 is 19.0. The highest BCUT2D eigenvalue weighted by Crippen LogP contribution is 2.29. The summed E-state index contributed by atoms with van der Waals surface area (Å²) in [5.74, 6) is 1.59. The molecule has 1 aliphatic heterocycles. The summed E-state index contributed by atoms with van der Waals surface area (Å²) in [5.41, 5.74) is 0. The van der Waals surface area contributed by atoms with Gasteiger partial charge in [0.2, 0.25) is 5.91 Å². The van der Waals surface area contributed by atoms with E-state index in [4.69, 9.17) is 4.74 Å². The fourth-order valence-electron chi connectivity index (χ4n) is 3.96. The lowest BCUT2D eigenvalue weighted by Crippen LogP contribution is -2.39. The van der Waals surface area contributed by atoms with E-state index >= 15 is 0 Å². The summed E-state index contributed by atoms with van der Waals surface area (Å²) in [6, 6.07) is 6.54. The zero-order valence-electron chi connectivity index (χ0n) is 14.4. The molecule has 0 N–H and O–H groups in total. The first-order valence-corrected chi connectivity index (χ1v) is 9.37. The zero-order valence-corrected chi connectivity index (χ0v) is 14.4. The highest BCUT2D eigenvalue weighted by molar-refractivity contribution is 5.76. The van der Waals surface area contributed by atoms with E-state index in [1.165, 1.54) is 31.7 Å². The number of hydrogen-bond acceptors (Lipinski definition) is 2. The highest BCUT2D eigenvalue weighted by Gasteiger charge is 2.25. The zero-order chi connectivity index (χ0) is 16.8. The average molecular weight is 333 g/mol. The lowest BCUT2D eigenvalue weighted by molar-refractivity contribution is -0.133. The van der Waals surface area contributed by atoms with Gasteiger partial charge >= 0.3 is 0 Å². The number of carbonyl (C=O) groups excluding carboxylic acids is 1. The minimum Gasteiger partial charge on any atom is -0.491 e. The largest absolute Gasteiger partial charge is 0.491 e. The summed E-state index contributed by atoms with van der Waals surface area (Å²) in [4.78, 5) is 14.4. The van der Waals surface area contributed by atoms with Crippen LogP contribution in [0, 0.1) is 17.7 Å². The van der Waals surface area contributed by atoms with Gasteiger partial charge in [-0.2, -0.15) is 0 Å². The number of para-hydroxylation sites is 1. The van der Waals surface area contributed by atoms with Gasteiger partial charge in [-0.1, -0.05) is 25.0 Å². The van der Waals surface area contributed by atoms with Gasteiger partial charge < -0.3 is 9.64 Å². The van der Waals surface area contributed by atoms with Gasteiger partial charge in [0.05, 0.1) is 6.61 Å². The second-order valence-corrected chi connectivity index (χ2v) is 7.25. The highest BCUT2D eigenvalue weighted by atomic mass is 19.1. The number of likely N-dealkylation sites (tertiary alicyclic amines) is 1. The monoisotopic (exact) mass is 333 g/mol. The summed E-state index contributed by atoms with van der Waals surface area (Å²) in [6.45, 7) is 2.29. The Hall–Kier alpha value is -1.58. The van der Waals surface area contributed by atoms with Crippen LogP contribution in [0.5, 0.6) is 5.75 Å². The van der Waals surface area contributed by atoms with E-state index in [1.54, 1.807) is 18.2 Å². The molecule has 4 heteroatoms. The van der Waals surface area contributed by atoms with Gasteiger partial charge in [0.25, 0.3) is 0 Å². The van der Waals surface area contributed by atoms with Crippen molar-refractivity contribution in [1.82, 2.24) is 4.90 Å². The van der Waals surface area contributed by atoms with Crippen LogP contribution >= 0.6 is 0 Å². The van der Waals surface area contributed by atoms with Gasteiger partial charge in [-0.3, -0.25) is 4.79 Å². The van der Waals surface area contributed by atoms with Crippen molar-refractivity contribution in [2.45, 2.75) is 51.4 Å². The van der Waals surface area contributed by atoms with Crippen LogP contribution in [0.25, 0.3) is 0 Å². The molecule has 3 nitrogen and oxygen atoms in total. The molecule has 2 fully saturated rings. The lowest BCUT2D eigenvalue weighted by atomic mass is 9.93. The molecule has 1 aromatic carbocycles. The SMILES string of the molecule is O=C(CC1CCCC1)N1CCC(CCOc2ccccc2F)CC1.